The van der Waals surface area contributed by atoms with E-state index in [-0.39, 0.29) is 16.8 Å². The minimum absolute atomic E-state index is 0.0940. The average Bonchev–Trinajstić information content (AvgIpc) is 2.64. The first kappa shape index (κ1) is 20.3. The standard InChI is InChI=1S/C20H31N3O3S/c1-14-6-9-23(10-7-14)27(25,26)19-12-17(11-15(2)16(19)3)20(24)22-18-5-4-8-21-13-18/h11-12,14,18,21H,4-10,13H2,1-3H3,(H,22,24)/t18-/m0/s1. The molecule has 3 rings (SSSR count). The summed E-state index contributed by atoms with van der Waals surface area (Å²) in [6, 6.07) is 3.44. The van der Waals surface area contributed by atoms with E-state index in [1.165, 1.54) is 0 Å². The highest BCUT2D eigenvalue weighted by atomic mass is 32.2. The lowest BCUT2D eigenvalue weighted by Crippen LogP contribution is -2.45. The molecule has 6 nitrogen and oxygen atoms in total. The molecule has 0 spiro atoms. The number of piperidine rings is 2. The van der Waals surface area contributed by atoms with Crippen LogP contribution >= 0.6 is 0 Å². The van der Waals surface area contributed by atoms with Crippen molar-refractivity contribution in [1.82, 2.24) is 14.9 Å². The number of hydrogen-bond donors (Lipinski definition) is 2. The topological polar surface area (TPSA) is 78.5 Å². The molecule has 2 heterocycles. The lowest BCUT2D eigenvalue weighted by Gasteiger charge is -2.30. The second-order valence-electron chi connectivity index (χ2n) is 8.02. The number of benzene rings is 1. The molecule has 27 heavy (non-hydrogen) atoms. The smallest absolute Gasteiger partial charge is 0.251 e. The summed E-state index contributed by atoms with van der Waals surface area (Å²) in [6.45, 7) is 8.68. The first-order valence-corrected chi connectivity index (χ1v) is 11.4. The Morgan fingerprint density at radius 2 is 1.89 bits per heavy atom. The maximum absolute atomic E-state index is 13.2. The monoisotopic (exact) mass is 393 g/mol. The van der Waals surface area contributed by atoms with E-state index >= 15 is 0 Å². The normalized spacial score (nSPS) is 22.6. The molecule has 150 valence electrons. The maximum atomic E-state index is 13.2. The zero-order chi connectivity index (χ0) is 19.6. The number of nitrogens with zero attached hydrogens (tertiary/aromatic N) is 1. The molecule has 0 radical (unpaired) electrons. The van der Waals surface area contributed by atoms with Crippen molar-refractivity contribution in [2.45, 2.75) is 57.4 Å². The minimum atomic E-state index is -3.59. The number of nitrogens with one attached hydrogen (secondary N) is 2. The van der Waals surface area contributed by atoms with Gasteiger partial charge in [-0.1, -0.05) is 6.92 Å². The van der Waals surface area contributed by atoms with Crippen molar-refractivity contribution >= 4 is 15.9 Å². The molecule has 0 bridgehead atoms. The van der Waals surface area contributed by atoms with Crippen molar-refractivity contribution in [2.24, 2.45) is 5.92 Å². The molecule has 1 amide bonds. The fourth-order valence-electron chi connectivity index (χ4n) is 3.83. The lowest BCUT2D eigenvalue weighted by atomic mass is 10.0. The fraction of sp³-hybridized carbons (Fsp3) is 0.650. The van der Waals surface area contributed by atoms with Crippen LogP contribution in [0.1, 0.15) is 54.1 Å². The SMILES string of the molecule is Cc1cc(C(=O)N[C@H]2CCCNC2)cc(S(=O)(=O)N2CCC(C)CC2)c1C. The van der Waals surface area contributed by atoms with Gasteiger partial charge in [-0.2, -0.15) is 4.31 Å². The summed E-state index contributed by atoms with van der Waals surface area (Å²) in [6.07, 6.45) is 3.74. The molecular formula is C20H31N3O3S. The molecule has 2 aliphatic heterocycles. The van der Waals surface area contributed by atoms with Crippen LogP contribution in [0.4, 0.5) is 0 Å². The molecule has 2 saturated heterocycles. The van der Waals surface area contributed by atoms with E-state index in [9.17, 15) is 13.2 Å². The van der Waals surface area contributed by atoms with Gasteiger partial charge in [-0.3, -0.25) is 4.79 Å². The molecule has 1 aromatic carbocycles. The van der Waals surface area contributed by atoms with Crippen molar-refractivity contribution in [3.63, 3.8) is 0 Å². The van der Waals surface area contributed by atoms with Gasteiger partial charge in [-0.05, 0) is 75.3 Å². The van der Waals surface area contributed by atoms with Crippen LogP contribution in [0, 0.1) is 19.8 Å². The van der Waals surface area contributed by atoms with Crippen molar-refractivity contribution in [1.29, 1.82) is 0 Å². The molecule has 0 unspecified atom stereocenters. The first-order valence-electron chi connectivity index (χ1n) is 9.92. The Balaban J connectivity index is 1.86. The third kappa shape index (κ3) is 4.52. The quantitative estimate of drug-likeness (QED) is 0.822. The summed E-state index contributed by atoms with van der Waals surface area (Å²) in [5.74, 6) is 0.357. The predicted molar refractivity (Wildman–Crippen MR) is 106 cm³/mol. The molecule has 2 aliphatic rings. The number of carbonyl (C=O) groups excluding carboxylic acids is 1. The highest BCUT2D eigenvalue weighted by molar-refractivity contribution is 7.89. The number of hydrogen-bond acceptors (Lipinski definition) is 4. The highest BCUT2D eigenvalue weighted by Crippen LogP contribution is 2.28. The van der Waals surface area contributed by atoms with E-state index in [0.717, 1.165) is 49.9 Å². The Morgan fingerprint density at radius 1 is 1.19 bits per heavy atom. The van der Waals surface area contributed by atoms with Gasteiger partial charge in [0.1, 0.15) is 0 Å². The van der Waals surface area contributed by atoms with Crippen molar-refractivity contribution in [2.75, 3.05) is 26.2 Å². The van der Waals surface area contributed by atoms with E-state index in [2.05, 4.69) is 17.6 Å². The number of sulfonamides is 1. The second kappa shape index (κ2) is 8.29. The summed E-state index contributed by atoms with van der Waals surface area (Å²) in [5.41, 5.74) is 1.98. The van der Waals surface area contributed by atoms with Gasteiger partial charge in [-0.15, -0.1) is 0 Å². The Hall–Kier alpha value is -1.44. The third-order valence-electron chi connectivity index (χ3n) is 5.87. The molecule has 0 aliphatic carbocycles. The molecule has 1 aromatic rings. The minimum Gasteiger partial charge on any atom is -0.348 e. The Morgan fingerprint density at radius 3 is 2.52 bits per heavy atom. The van der Waals surface area contributed by atoms with Crippen LogP contribution in [0.3, 0.4) is 0 Å². The van der Waals surface area contributed by atoms with Crippen LogP contribution in [-0.2, 0) is 10.0 Å². The zero-order valence-corrected chi connectivity index (χ0v) is 17.4. The number of amides is 1. The van der Waals surface area contributed by atoms with Crippen LogP contribution in [0.15, 0.2) is 17.0 Å². The average molecular weight is 394 g/mol. The predicted octanol–water partition coefficient (Wildman–Crippen LogP) is 2.21. The van der Waals surface area contributed by atoms with Gasteiger partial charge in [0.2, 0.25) is 10.0 Å². The molecule has 2 fully saturated rings. The summed E-state index contributed by atoms with van der Waals surface area (Å²) < 4.78 is 28.0. The van der Waals surface area contributed by atoms with Gasteiger partial charge in [0.25, 0.3) is 5.91 Å². The van der Waals surface area contributed by atoms with Gasteiger partial charge in [0.05, 0.1) is 4.90 Å². The van der Waals surface area contributed by atoms with E-state index in [1.54, 1.807) is 16.4 Å². The summed E-state index contributed by atoms with van der Waals surface area (Å²) in [5, 5.41) is 6.31. The van der Waals surface area contributed by atoms with Crippen molar-refractivity contribution in [3.05, 3.63) is 28.8 Å². The molecule has 7 heteroatoms. The van der Waals surface area contributed by atoms with Crippen LogP contribution in [0.2, 0.25) is 0 Å². The lowest BCUT2D eigenvalue weighted by molar-refractivity contribution is 0.0930. The van der Waals surface area contributed by atoms with Gasteiger partial charge < -0.3 is 10.6 Å². The van der Waals surface area contributed by atoms with Crippen LogP contribution in [0.25, 0.3) is 0 Å². The van der Waals surface area contributed by atoms with Crippen LogP contribution < -0.4 is 10.6 Å². The summed E-state index contributed by atoms with van der Waals surface area (Å²) >= 11 is 0. The van der Waals surface area contributed by atoms with Gasteiger partial charge >= 0.3 is 0 Å². The van der Waals surface area contributed by atoms with E-state index < -0.39 is 10.0 Å². The number of rotatable bonds is 4. The molecule has 0 saturated carbocycles. The molecular weight excluding hydrogens is 362 g/mol. The van der Waals surface area contributed by atoms with Crippen LogP contribution in [0.5, 0.6) is 0 Å². The summed E-state index contributed by atoms with van der Waals surface area (Å²) in [4.78, 5) is 13.0. The zero-order valence-electron chi connectivity index (χ0n) is 16.5. The Kier molecular flexibility index (Phi) is 6.23. The van der Waals surface area contributed by atoms with E-state index in [0.29, 0.717) is 24.6 Å². The first-order chi connectivity index (χ1) is 12.8. The Labute approximate surface area is 162 Å². The number of carbonyl (C=O) groups is 1. The van der Waals surface area contributed by atoms with E-state index in [1.807, 2.05) is 13.8 Å². The van der Waals surface area contributed by atoms with Crippen LogP contribution in [-0.4, -0.2) is 50.9 Å². The highest BCUT2D eigenvalue weighted by Gasteiger charge is 2.30. The Bertz CT molecular complexity index is 793. The van der Waals surface area contributed by atoms with Gasteiger partial charge in [0, 0.05) is 31.2 Å². The van der Waals surface area contributed by atoms with E-state index in [4.69, 9.17) is 0 Å². The third-order valence-corrected chi connectivity index (χ3v) is 7.90. The fourth-order valence-corrected chi connectivity index (χ4v) is 5.63. The van der Waals surface area contributed by atoms with Crippen molar-refractivity contribution in [3.8, 4) is 0 Å². The molecule has 1 atom stereocenters. The number of aryl methyl sites for hydroxylation is 1. The second-order valence-corrected chi connectivity index (χ2v) is 9.93. The van der Waals surface area contributed by atoms with Gasteiger partial charge in [-0.25, -0.2) is 8.42 Å². The largest absolute Gasteiger partial charge is 0.348 e. The van der Waals surface area contributed by atoms with Gasteiger partial charge in [0.15, 0.2) is 0 Å². The molecule has 2 N–H and O–H groups in total. The molecule has 0 aromatic heterocycles. The van der Waals surface area contributed by atoms with Crippen molar-refractivity contribution < 1.29 is 13.2 Å². The summed E-state index contributed by atoms with van der Waals surface area (Å²) in [7, 11) is -3.59. The maximum Gasteiger partial charge on any atom is 0.251 e.